The summed E-state index contributed by atoms with van der Waals surface area (Å²) in [5.41, 5.74) is 1.27. The van der Waals surface area contributed by atoms with Gasteiger partial charge in [-0.25, -0.2) is 4.31 Å². The number of ketones is 1. The Bertz CT molecular complexity index is 411. The third kappa shape index (κ3) is 3.98. The Hall–Kier alpha value is -1.00. The number of rotatable bonds is 7. The number of carbonyl (C=O) groups is 1. The first-order valence-electron chi connectivity index (χ1n) is 6.77. The molecule has 4 heteroatoms. The summed E-state index contributed by atoms with van der Waals surface area (Å²) in [6.45, 7) is 3.08. The molecule has 1 saturated carbocycles. The van der Waals surface area contributed by atoms with E-state index < -0.39 is 0 Å². The lowest BCUT2D eigenvalue weighted by Gasteiger charge is -2.35. The molecule has 0 spiro atoms. The van der Waals surface area contributed by atoms with Crippen LogP contribution in [0.1, 0.15) is 31.7 Å². The summed E-state index contributed by atoms with van der Waals surface area (Å²) in [7, 11) is 1.68. The van der Waals surface area contributed by atoms with E-state index in [4.69, 9.17) is 4.74 Å². The lowest BCUT2D eigenvalue weighted by atomic mass is 9.91. The van der Waals surface area contributed by atoms with Gasteiger partial charge in [-0.2, -0.15) is 0 Å². The second-order valence-corrected chi connectivity index (χ2v) is 5.99. The minimum absolute atomic E-state index is 0.391. The molecule has 0 N–H and O–H groups in total. The topological polar surface area (TPSA) is 29.5 Å². The predicted octanol–water partition coefficient (Wildman–Crippen LogP) is 3.29. The van der Waals surface area contributed by atoms with Gasteiger partial charge >= 0.3 is 0 Å². The van der Waals surface area contributed by atoms with Gasteiger partial charge in [-0.3, -0.25) is 4.79 Å². The van der Waals surface area contributed by atoms with Gasteiger partial charge in [0.05, 0.1) is 7.11 Å². The monoisotopic (exact) mass is 279 g/mol. The van der Waals surface area contributed by atoms with Crippen LogP contribution in [0.4, 0.5) is 0 Å². The fourth-order valence-corrected chi connectivity index (χ4v) is 3.09. The Balaban J connectivity index is 1.95. The van der Waals surface area contributed by atoms with E-state index in [0.717, 1.165) is 24.5 Å². The molecule has 0 bridgehead atoms. The van der Waals surface area contributed by atoms with Crippen LogP contribution in [0.5, 0.6) is 5.75 Å². The Morgan fingerprint density at radius 3 is 2.53 bits per heavy atom. The number of carbonyl (C=O) groups excluding carboxylic acids is 1. The minimum atomic E-state index is 0.391. The highest BCUT2D eigenvalue weighted by atomic mass is 32.2. The van der Waals surface area contributed by atoms with Crippen molar-refractivity contribution in [3.8, 4) is 5.75 Å². The highest BCUT2D eigenvalue weighted by molar-refractivity contribution is 7.97. The molecule has 0 atom stereocenters. The molecule has 19 heavy (non-hydrogen) atoms. The zero-order valence-electron chi connectivity index (χ0n) is 11.6. The number of benzene rings is 1. The summed E-state index contributed by atoms with van der Waals surface area (Å²) >= 11 is 1.86. The molecule has 0 amide bonds. The maximum absolute atomic E-state index is 11.2. The van der Waals surface area contributed by atoms with E-state index in [-0.39, 0.29) is 0 Å². The summed E-state index contributed by atoms with van der Waals surface area (Å²) in [4.78, 5) is 11.2. The molecule has 0 aliphatic heterocycles. The quantitative estimate of drug-likeness (QED) is 0.716. The summed E-state index contributed by atoms with van der Waals surface area (Å²) in [6, 6.07) is 8.59. The molecular weight excluding hydrogens is 258 g/mol. The largest absolute Gasteiger partial charge is 0.497 e. The van der Waals surface area contributed by atoms with Crippen LogP contribution in [0.15, 0.2) is 24.3 Å². The fraction of sp³-hybridized carbons (Fsp3) is 0.533. The first kappa shape index (κ1) is 14.4. The lowest BCUT2D eigenvalue weighted by molar-refractivity contribution is -0.126. The molecule has 1 aliphatic carbocycles. The van der Waals surface area contributed by atoms with E-state index in [1.54, 1.807) is 7.11 Å². The van der Waals surface area contributed by atoms with Crippen molar-refractivity contribution in [3.05, 3.63) is 29.8 Å². The van der Waals surface area contributed by atoms with E-state index >= 15 is 0 Å². The second-order valence-electron chi connectivity index (χ2n) is 4.86. The van der Waals surface area contributed by atoms with Gasteiger partial charge in [-0.05, 0) is 24.1 Å². The van der Waals surface area contributed by atoms with Crippen LogP contribution in [0.25, 0.3) is 0 Å². The average Bonchev–Trinajstić information content (AvgIpc) is 2.41. The Labute approximate surface area is 119 Å². The van der Waals surface area contributed by atoms with Crippen molar-refractivity contribution < 1.29 is 9.53 Å². The molecule has 1 aromatic rings. The minimum Gasteiger partial charge on any atom is -0.497 e. The molecule has 0 unspecified atom stereocenters. The molecule has 0 aromatic heterocycles. The van der Waals surface area contributed by atoms with Gasteiger partial charge in [0, 0.05) is 31.2 Å². The van der Waals surface area contributed by atoms with Gasteiger partial charge in [0.25, 0.3) is 0 Å². The van der Waals surface area contributed by atoms with Crippen LogP contribution in [-0.4, -0.2) is 29.0 Å². The van der Waals surface area contributed by atoms with Crippen LogP contribution in [0.2, 0.25) is 0 Å². The molecule has 1 aliphatic rings. The van der Waals surface area contributed by atoms with Crippen molar-refractivity contribution in [1.82, 2.24) is 4.31 Å². The van der Waals surface area contributed by atoms with Crippen LogP contribution < -0.4 is 4.74 Å². The fourth-order valence-electron chi connectivity index (χ4n) is 2.07. The third-order valence-electron chi connectivity index (χ3n) is 3.29. The lowest BCUT2D eigenvalue weighted by Crippen LogP contribution is -2.41. The van der Waals surface area contributed by atoms with Crippen molar-refractivity contribution in [1.29, 1.82) is 0 Å². The summed E-state index contributed by atoms with van der Waals surface area (Å²) in [6.07, 6.45) is 2.59. The van der Waals surface area contributed by atoms with Crippen molar-refractivity contribution in [2.75, 3.05) is 12.9 Å². The zero-order valence-corrected chi connectivity index (χ0v) is 12.4. The van der Waals surface area contributed by atoms with Gasteiger partial charge in [-0.15, -0.1) is 0 Å². The van der Waals surface area contributed by atoms with Gasteiger partial charge in [0.1, 0.15) is 11.5 Å². The van der Waals surface area contributed by atoms with Gasteiger partial charge in [-0.1, -0.05) is 31.0 Å². The van der Waals surface area contributed by atoms with E-state index in [1.165, 1.54) is 5.56 Å². The van der Waals surface area contributed by atoms with E-state index in [2.05, 4.69) is 23.4 Å². The second kappa shape index (κ2) is 6.96. The van der Waals surface area contributed by atoms with Crippen LogP contribution >= 0.6 is 11.9 Å². The zero-order chi connectivity index (χ0) is 13.7. The molecule has 1 aromatic carbocycles. The number of Topliss-reactive ketones (excluding diaryl/α,β-unsaturated/α-hetero) is 1. The number of hydrogen-bond acceptors (Lipinski definition) is 4. The number of nitrogens with zero attached hydrogens (tertiary/aromatic N) is 1. The van der Waals surface area contributed by atoms with Crippen molar-refractivity contribution >= 4 is 17.7 Å². The van der Waals surface area contributed by atoms with Crippen LogP contribution in [-0.2, 0) is 11.3 Å². The Morgan fingerprint density at radius 1 is 1.32 bits per heavy atom. The first-order valence-corrected chi connectivity index (χ1v) is 7.71. The van der Waals surface area contributed by atoms with Gasteiger partial charge in [0.15, 0.2) is 0 Å². The maximum atomic E-state index is 11.2. The molecule has 1 fully saturated rings. The first-order chi connectivity index (χ1) is 9.22. The Morgan fingerprint density at radius 2 is 2.00 bits per heavy atom. The van der Waals surface area contributed by atoms with Crippen molar-refractivity contribution in [2.45, 2.75) is 38.8 Å². The molecular formula is C15H21NO2S. The predicted molar refractivity (Wildman–Crippen MR) is 79.3 cm³/mol. The average molecular weight is 279 g/mol. The molecule has 0 heterocycles. The van der Waals surface area contributed by atoms with E-state index in [9.17, 15) is 4.79 Å². The highest BCUT2D eigenvalue weighted by Crippen LogP contribution is 2.30. The highest BCUT2D eigenvalue weighted by Gasteiger charge is 2.32. The van der Waals surface area contributed by atoms with Gasteiger partial charge in [0.2, 0.25) is 0 Å². The molecule has 104 valence electrons. The third-order valence-corrected chi connectivity index (χ3v) is 4.64. The van der Waals surface area contributed by atoms with Crippen molar-refractivity contribution in [2.24, 2.45) is 0 Å². The SMILES string of the molecule is CCCSN(Cc1ccc(OC)cc1)C1CC(=O)C1. The molecule has 0 radical (unpaired) electrons. The molecule has 2 rings (SSSR count). The number of hydrogen-bond donors (Lipinski definition) is 0. The van der Waals surface area contributed by atoms with Gasteiger partial charge < -0.3 is 4.74 Å². The van der Waals surface area contributed by atoms with Crippen LogP contribution in [0.3, 0.4) is 0 Å². The number of ether oxygens (including phenoxy) is 1. The molecule has 0 saturated heterocycles. The maximum Gasteiger partial charge on any atom is 0.136 e. The standard InChI is InChI=1S/C15H21NO2S/c1-3-8-19-16(13-9-14(17)10-13)11-12-4-6-15(18-2)7-5-12/h4-7,13H,3,8-11H2,1-2H3. The van der Waals surface area contributed by atoms with Crippen molar-refractivity contribution in [3.63, 3.8) is 0 Å². The van der Waals surface area contributed by atoms with E-state index in [1.807, 2.05) is 24.1 Å². The Kier molecular flexibility index (Phi) is 5.28. The van der Waals surface area contributed by atoms with Crippen LogP contribution in [0, 0.1) is 0 Å². The molecule has 3 nitrogen and oxygen atoms in total. The van der Waals surface area contributed by atoms with E-state index in [0.29, 0.717) is 24.7 Å². The summed E-state index contributed by atoms with van der Waals surface area (Å²) in [5.74, 6) is 2.39. The normalized spacial score (nSPS) is 15.6. The summed E-state index contributed by atoms with van der Waals surface area (Å²) in [5, 5.41) is 0. The summed E-state index contributed by atoms with van der Waals surface area (Å²) < 4.78 is 7.54. The number of methoxy groups -OCH3 is 1. The smallest absolute Gasteiger partial charge is 0.136 e.